The molecule has 3 rings (SSSR count). The molecule has 0 aromatic heterocycles. The molecule has 1 aromatic rings. The average Bonchev–Trinajstić information content (AvgIpc) is 3.17. The monoisotopic (exact) mass is 248 g/mol. The van der Waals surface area contributed by atoms with E-state index in [0.29, 0.717) is 12.7 Å². The third-order valence-corrected chi connectivity index (χ3v) is 3.48. The van der Waals surface area contributed by atoms with E-state index in [-0.39, 0.29) is 11.9 Å². The maximum Gasteiger partial charge on any atom is 0.191 e. The predicted octanol–water partition coefficient (Wildman–Crippen LogP) is 1.74. The Morgan fingerprint density at radius 3 is 2.83 bits per heavy atom. The van der Waals surface area contributed by atoms with Crippen molar-refractivity contribution in [2.75, 3.05) is 13.7 Å². The van der Waals surface area contributed by atoms with Crippen molar-refractivity contribution >= 4 is 5.78 Å². The zero-order valence-electron chi connectivity index (χ0n) is 10.6. The predicted molar refractivity (Wildman–Crippen MR) is 65.0 cm³/mol. The Bertz CT molecular complexity index is 491. The number of methoxy groups -OCH3 is 1. The second-order valence-corrected chi connectivity index (χ2v) is 4.80. The smallest absolute Gasteiger partial charge is 0.191 e. The van der Waals surface area contributed by atoms with Crippen LogP contribution in [0.3, 0.4) is 0 Å². The summed E-state index contributed by atoms with van der Waals surface area (Å²) in [6.45, 7) is 3.08. The van der Waals surface area contributed by atoms with E-state index < -0.39 is 0 Å². The van der Waals surface area contributed by atoms with Gasteiger partial charge in [-0.05, 0) is 30.2 Å². The van der Waals surface area contributed by atoms with Gasteiger partial charge in [-0.3, -0.25) is 4.79 Å². The first kappa shape index (κ1) is 11.7. The molecule has 0 radical (unpaired) electrons. The normalized spacial score (nSPS) is 25.8. The van der Waals surface area contributed by atoms with Crippen molar-refractivity contribution in [3.63, 3.8) is 0 Å². The summed E-state index contributed by atoms with van der Waals surface area (Å²) < 4.78 is 16.1. The van der Waals surface area contributed by atoms with E-state index in [1.807, 2.05) is 12.1 Å². The minimum absolute atomic E-state index is 0.0313. The van der Waals surface area contributed by atoms with Crippen molar-refractivity contribution in [1.29, 1.82) is 0 Å². The maximum atomic E-state index is 12.0. The highest BCUT2D eigenvalue weighted by Crippen LogP contribution is 2.31. The summed E-state index contributed by atoms with van der Waals surface area (Å²) >= 11 is 0. The second kappa shape index (κ2) is 4.37. The Kier molecular flexibility index (Phi) is 2.84. The van der Waals surface area contributed by atoms with Gasteiger partial charge in [0.2, 0.25) is 0 Å². The number of Topliss-reactive ketones (excluding diaryl/α,β-unsaturated/α-hetero) is 1. The number of carbonyl (C=O) groups excluding carboxylic acids is 1. The number of ether oxygens (including phenoxy) is 3. The molecule has 18 heavy (non-hydrogen) atoms. The van der Waals surface area contributed by atoms with Gasteiger partial charge < -0.3 is 14.2 Å². The molecule has 0 aliphatic carbocycles. The first-order valence-corrected chi connectivity index (χ1v) is 6.16. The van der Waals surface area contributed by atoms with Crippen LogP contribution in [-0.2, 0) is 22.5 Å². The van der Waals surface area contributed by atoms with Gasteiger partial charge in [-0.25, -0.2) is 0 Å². The fourth-order valence-electron chi connectivity index (χ4n) is 2.31. The number of carbonyl (C=O) groups is 1. The van der Waals surface area contributed by atoms with Crippen molar-refractivity contribution in [1.82, 2.24) is 0 Å². The summed E-state index contributed by atoms with van der Waals surface area (Å²) in [6, 6.07) is 3.86. The minimum Gasteiger partial charge on any atom is -0.496 e. The molecular formula is C14H16O4. The molecule has 96 valence electrons. The quantitative estimate of drug-likeness (QED) is 0.764. The Labute approximate surface area is 106 Å². The van der Waals surface area contributed by atoms with Gasteiger partial charge in [0.1, 0.15) is 11.9 Å². The van der Waals surface area contributed by atoms with Crippen LogP contribution in [0.2, 0.25) is 0 Å². The molecule has 0 spiro atoms. The summed E-state index contributed by atoms with van der Waals surface area (Å²) in [5, 5.41) is 0. The van der Waals surface area contributed by atoms with Gasteiger partial charge in [0.05, 0.1) is 26.4 Å². The van der Waals surface area contributed by atoms with Crippen LogP contribution in [0, 0.1) is 0 Å². The van der Waals surface area contributed by atoms with Crippen LogP contribution in [0.1, 0.15) is 28.4 Å². The number of benzene rings is 1. The molecule has 1 aromatic carbocycles. The maximum absolute atomic E-state index is 12.0. The fourth-order valence-corrected chi connectivity index (χ4v) is 2.31. The molecule has 0 bridgehead atoms. The molecule has 0 saturated carbocycles. The van der Waals surface area contributed by atoms with Crippen molar-refractivity contribution in [2.24, 2.45) is 0 Å². The lowest BCUT2D eigenvalue weighted by Crippen LogP contribution is -2.27. The van der Waals surface area contributed by atoms with Crippen LogP contribution in [0.4, 0.5) is 0 Å². The minimum atomic E-state index is -0.361. The van der Waals surface area contributed by atoms with Crippen LogP contribution < -0.4 is 4.74 Å². The molecule has 0 N–H and O–H groups in total. The van der Waals surface area contributed by atoms with E-state index in [4.69, 9.17) is 14.2 Å². The van der Waals surface area contributed by atoms with Crippen molar-refractivity contribution < 1.29 is 19.0 Å². The molecule has 2 aliphatic heterocycles. The summed E-state index contributed by atoms with van der Waals surface area (Å²) in [6.07, 6.45) is 0.774. The summed E-state index contributed by atoms with van der Waals surface area (Å²) in [5.74, 6) is 0.801. The van der Waals surface area contributed by atoms with Crippen LogP contribution >= 0.6 is 0 Å². The first-order chi connectivity index (χ1) is 8.69. The highest BCUT2D eigenvalue weighted by Gasteiger charge is 2.29. The van der Waals surface area contributed by atoms with Crippen LogP contribution in [0.25, 0.3) is 0 Å². The van der Waals surface area contributed by atoms with Crippen LogP contribution in [0.5, 0.6) is 5.75 Å². The third-order valence-electron chi connectivity index (χ3n) is 3.48. The molecule has 1 fully saturated rings. The summed E-state index contributed by atoms with van der Waals surface area (Å²) in [5.41, 5.74) is 2.77. The van der Waals surface area contributed by atoms with Gasteiger partial charge in [-0.15, -0.1) is 0 Å². The van der Waals surface area contributed by atoms with Crippen LogP contribution in [-0.4, -0.2) is 31.7 Å². The van der Waals surface area contributed by atoms with Crippen molar-refractivity contribution in [2.45, 2.75) is 32.2 Å². The van der Waals surface area contributed by atoms with Gasteiger partial charge in [0, 0.05) is 12.0 Å². The number of fused-ring (bicyclic) bond motifs is 1. The average molecular weight is 248 g/mol. The van der Waals surface area contributed by atoms with Crippen molar-refractivity contribution in [3.8, 4) is 5.75 Å². The van der Waals surface area contributed by atoms with E-state index in [0.717, 1.165) is 35.5 Å². The fraction of sp³-hybridized carbons (Fsp3) is 0.500. The number of rotatable bonds is 3. The Balaban J connectivity index is 2.00. The largest absolute Gasteiger partial charge is 0.496 e. The van der Waals surface area contributed by atoms with Gasteiger partial charge >= 0.3 is 0 Å². The van der Waals surface area contributed by atoms with Gasteiger partial charge in [-0.2, -0.15) is 0 Å². The second-order valence-electron chi connectivity index (χ2n) is 4.80. The lowest BCUT2D eigenvalue weighted by molar-refractivity contribution is 0.0336. The standard InChI is InChI=1S/C14H16O4/c1-8-14(15)12-5-13(16-2)9(4-11-7-18-11)3-10(12)6-17-8/h3,5,8,11H,4,6-7H2,1-2H3. The van der Waals surface area contributed by atoms with E-state index in [9.17, 15) is 4.79 Å². The van der Waals surface area contributed by atoms with Gasteiger partial charge in [0.15, 0.2) is 5.78 Å². The number of hydrogen-bond acceptors (Lipinski definition) is 4. The number of ketones is 1. The molecule has 4 heteroatoms. The first-order valence-electron chi connectivity index (χ1n) is 6.16. The number of hydrogen-bond donors (Lipinski definition) is 0. The molecular weight excluding hydrogens is 232 g/mol. The van der Waals surface area contributed by atoms with Crippen LogP contribution in [0.15, 0.2) is 12.1 Å². The van der Waals surface area contributed by atoms with E-state index in [2.05, 4.69) is 0 Å². The van der Waals surface area contributed by atoms with E-state index >= 15 is 0 Å². The molecule has 2 heterocycles. The molecule has 2 atom stereocenters. The highest BCUT2D eigenvalue weighted by molar-refractivity contribution is 6.01. The van der Waals surface area contributed by atoms with E-state index in [1.54, 1.807) is 14.0 Å². The highest BCUT2D eigenvalue weighted by atomic mass is 16.6. The molecule has 0 amide bonds. The van der Waals surface area contributed by atoms with Gasteiger partial charge in [0.25, 0.3) is 0 Å². The number of epoxide rings is 1. The zero-order chi connectivity index (χ0) is 12.7. The summed E-state index contributed by atoms with van der Waals surface area (Å²) in [7, 11) is 1.63. The Morgan fingerprint density at radius 2 is 2.17 bits per heavy atom. The molecule has 2 unspecified atom stereocenters. The molecule has 4 nitrogen and oxygen atoms in total. The Hall–Kier alpha value is -1.39. The lowest BCUT2D eigenvalue weighted by atomic mass is 9.94. The molecule has 2 aliphatic rings. The topological polar surface area (TPSA) is 48.1 Å². The molecule has 1 saturated heterocycles. The SMILES string of the molecule is COc1cc2c(cc1CC1CO1)COC(C)C2=O. The van der Waals surface area contributed by atoms with E-state index in [1.165, 1.54) is 0 Å². The van der Waals surface area contributed by atoms with Gasteiger partial charge in [-0.1, -0.05) is 0 Å². The zero-order valence-corrected chi connectivity index (χ0v) is 10.6. The lowest BCUT2D eigenvalue weighted by Gasteiger charge is -2.23. The third kappa shape index (κ3) is 2.02. The van der Waals surface area contributed by atoms with Crippen molar-refractivity contribution in [3.05, 3.63) is 28.8 Å². The summed E-state index contributed by atoms with van der Waals surface area (Å²) in [4.78, 5) is 12.0. The Morgan fingerprint density at radius 1 is 1.39 bits per heavy atom.